The monoisotopic (exact) mass is 633 g/mol. The molecule has 1 N–H and O–H groups in total. The largest absolute Gasteiger partial charge is 0.493 e. The molecular formula is C35H40ClN3O6. The maximum atomic E-state index is 14.5. The Morgan fingerprint density at radius 2 is 1.71 bits per heavy atom. The van der Waals surface area contributed by atoms with Crippen molar-refractivity contribution in [1.82, 2.24) is 14.8 Å². The van der Waals surface area contributed by atoms with E-state index in [1.54, 1.807) is 33.3 Å². The molecule has 0 spiro atoms. The van der Waals surface area contributed by atoms with Gasteiger partial charge in [-0.1, -0.05) is 36.4 Å². The number of hydrogen-bond acceptors (Lipinski definition) is 7. The highest BCUT2D eigenvalue weighted by molar-refractivity contribution is 6.01. The van der Waals surface area contributed by atoms with E-state index in [1.165, 1.54) is 5.56 Å². The number of halogens is 1. The highest BCUT2D eigenvalue weighted by Gasteiger charge is 2.32. The molecule has 45 heavy (non-hydrogen) atoms. The van der Waals surface area contributed by atoms with Gasteiger partial charge < -0.3 is 33.7 Å². The van der Waals surface area contributed by atoms with Crippen LogP contribution in [0, 0.1) is 6.92 Å². The van der Waals surface area contributed by atoms with Gasteiger partial charge in [0.2, 0.25) is 0 Å². The number of aryl methyl sites for hydroxylation is 1. The Labute approximate surface area is 270 Å². The molecule has 3 aromatic carbocycles. The summed E-state index contributed by atoms with van der Waals surface area (Å²) in [5, 5.41) is 3.47. The summed E-state index contributed by atoms with van der Waals surface area (Å²) in [5.74, 6) is 1.21. The van der Waals surface area contributed by atoms with Crippen molar-refractivity contribution in [2.75, 3.05) is 47.1 Å². The summed E-state index contributed by atoms with van der Waals surface area (Å²) in [4.78, 5) is 28.3. The van der Waals surface area contributed by atoms with Gasteiger partial charge in [0.15, 0.2) is 18.1 Å². The molecule has 1 saturated heterocycles. The molecule has 1 aromatic heterocycles. The standard InChI is InChI=1S/C35H39N3O6.ClH/c1-5-43-32(39)23-44-28-16-14-26(15-17-28)33-29(20-24(2)38(33)30-12-9-13-31(41-3)34(30)42-4)35(40)37-19-18-36-22-27(37)21-25-10-7-6-8-11-25;/h6-17,20,27,36H,5,18-19,21-23H2,1-4H3;1H/t27-;/m1./s1. The molecule has 5 rings (SSSR count). The Kier molecular flexibility index (Phi) is 11.5. The first-order chi connectivity index (χ1) is 21.4. The van der Waals surface area contributed by atoms with Gasteiger partial charge in [-0.25, -0.2) is 4.79 Å². The molecule has 0 saturated carbocycles. The predicted octanol–water partition coefficient (Wildman–Crippen LogP) is 5.49. The van der Waals surface area contributed by atoms with Crippen LogP contribution in [-0.2, 0) is 16.0 Å². The lowest BCUT2D eigenvalue weighted by Gasteiger charge is -2.36. The maximum Gasteiger partial charge on any atom is 0.344 e. The second kappa shape index (κ2) is 15.5. The van der Waals surface area contributed by atoms with E-state index >= 15 is 0 Å². The van der Waals surface area contributed by atoms with E-state index in [9.17, 15) is 9.59 Å². The lowest BCUT2D eigenvalue weighted by atomic mass is 10.0. The first kappa shape index (κ1) is 33.4. The van der Waals surface area contributed by atoms with Crippen molar-refractivity contribution in [2.45, 2.75) is 26.3 Å². The van der Waals surface area contributed by atoms with Crippen LogP contribution in [0.5, 0.6) is 17.2 Å². The van der Waals surface area contributed by atoms with E-state index in [0.29, 0.717) is 42.5 Å². The van der Waals surface area contributed by atoms with Gasteiger partial charge in [0, 0.05) is 31.4 Å². The summed E-state index contributed by atoms with van der Waals surface area (Å²) in [6.07, 6.45) is 0.755. The van der Waals surface area contributed by atoms with Crippen molar-refractivity contribution < 1.29 is 28.5 Å². The third kappa shape index (κ3) is 7.44. The Morgan fingerprint density at radius 1 is 0.956 bits per heavy atom. The summed E-state index contributed by atoms with van der Waals surface area (Å²) in [6.45, 7) is 5.89. The quantitative estimate of drug-likeness (QED) is 0.219. The number of nitrogens with zero attached hydrogens (tertiary/aromatic N) is 2. The van der Waals surface area contributed by atoms with Crippen LogP contribution in [0.4, 0.5) is 0 Å². The van der Waals surface area contributed by atoms with Crippen LogP contribution >= 0.6 is 12.4 Å². The highest BCUT2D eigenvalue weighted by atomic mass is 35.5. The Hall–Kier alpha value is -4.47. The Bertz CT molecular complexity index is 1590. The summed E-state index contributed by atoms with van der Waals surface area (Å²) in [7, 11) is 3.21. The minimum Gasteiger partial charge on any atom is -0.493 e. The average molecular weight is 634 g/mol. The van der Waals surface area contributed by atoms with Gasteiger partial charge in [-0.15, -0.1) is 12.4 Å². The Balaban J connectivity index is 0.00000461. The number of carbonyl (C=O) groups excluding carboxylic acids is 2. The Morgan fingerprint density at radius 3 is 2.40 bits per heavy atom. The number of hydrogen-bond donors (Lipinski definition) is 1. The number of esters is 1. The van der Waals surface area contributed by atoms with Gasteiger partial charge in [0.25, 0.3) is 5.91 Å². The normalized spacial score (nSPS) is 14.3. The lowest BCUT2D eigenvalue weighted by Crippen LogP contribution is -2.54. The van der Waals surface area contributed by atoms with Crippen molar-refractivity contribution in [3.8, 4) is 34.2 Å². The number of piperazine rings is 1. The second-order valence-corrected chi connectivity index (χ2v) is 10.6. The van der Waals surface area contributed by atoms with Crippen LogP contribution in [0.2, 0.25) is 0 Å². The van der Waals surface area contributed by atoms with Crippen LogP contribution in [-0.4, -0.2) is 74.5 Å². The van der Waals surface area contributed by atoms with Crippen LogP contribution in [0.3, 0.4) is 0 Å². The fraction of sp³-hybridized carbons (Fsp3) is 0.314. The van der Waals surface area contributed by atoms with Gasteiger partial charge in [0.05, 0.1) is 37.8 Å². The van der Waals surface area contributed by atoms with Crippen LogP contribution < -0.4 is 19.5 Å². The number of carbonyl (C=O) groups is 2. The minimum atomic E-state index is -0.430. The molecule has 4 aromatic rings. The molecular weight excluding hydrogens is 594 g/mol. The van der Waals surface area contributed by atoms with E-state index in [2.05, 4.69) is 17.4 Å². The maximum absolute atomic E-state index is 14.5. The highest BCUT2D eigenvalue weighted by Crippen LogP contribution is 2.40. The third-order valence-electron chi connectivity index (χ3n) is 7.75. The summed E-state index contributed by atoms with van der Waals surface area (Å²) < 4.78 is 24.1. The third-order valence-corrected chi connectivity index (χ3v) is 7.75. The molecule has 1 amide bonds. The number of para-hydroxylation sites is 1. The van der Waals surface area contributed by atoms with Crippen molar-refractivity contribution in [3.63, 3.8) is 0 Å². The number of rotatable bonds is 11. The van der Waals surface area contributed by atoms with E-state index in [-0.39, 0.29) is 31.0 Å². The average Bonchev–Trinajstić information content (AvgIpc) is 3.40. The van der Waals surface area contributed by atoms with Gasteiger partial charge in [0.1, 0.15) is 5.75 Å². The minimum absolute atomic E-state index is 0. The van der Waals surface area contributed by atoms with Gasteiger partial charge >= 0.3 is 5.97 Å². The van der Waals surface area contributed by atoms with Gasteiger partial charge in [-0.3, -0.25) is 4.79 Å². The van der Waals surface area contributed by atoms with Crippen LogP contribution in [0.15, 0.2) is 78.9 Å². The van der Waals surface area contributed by atoms with E-state index in [0.717, 1.165) is 35.6 Å². The molecule has 0 radical (unpaired) electrons. The fourth-order valence-electron chi connectivity index (χ4n) is 5.75. The molecule has 1 atom stereocenters. The van der Waals surface area contributed by atoms with Crippen LogP contribution in [0.25, 0.3) is 16.9 Å². The second-order valence-electron chi connectivity index (χ2n) is 10.6. The van der Waals surface area contributed by atoms with Crippen LogP contribution in [0.1, 0.15) is 28.5 Å². The van der Waals surface area contributed by atoms with E-state index < -0.39 is 5.97 Å². The van der Waals surface area contributed by atoms with Gasteiger partial charge in [-0.05, 0) is 73.9 Å². The summed E-state index contributed by atoms with van der Waals surface area (Å²) in [5.41, 5.74) is 4.94. The zero-order valence-electron chi connectivity index (χ0n) is 26.1. The van der Waals surface area contributed by atoms with Crippen molar-refractivity contribution in [2.24, 2.45) is 0 Å². The van der Waals surface area contributed by atoms with Gasteiger partial charge in [-0.2, -0.15) is 0 Å². The molecule has 1 aliphatic heterocycles. The molecule has 238 valence electrons. The molecule has 0 aliphatic carbocycles. The van der Waals surface area contributed by atoms with Crippen molar-refractivity contribution in [3.05, 3.63) is 95.7 Å². The van der Waals surface area contributed by atoms with E-state index in [1.807, 2.05) is 71.0 Å². The number of amides is 1. The number of aromatic nitrogens is 1. The van der Waals surface area contributed by atoms with Crippen molar-refractivity contribution >= 4 is 24.3 Å². The molecule has 0 unspecified atom stereocenters. The number of nitrogens with one attached hydrogen (secondary N) is 1. The molecule has 0 bridgehead atoms. The summed E-state index contributed by atoms with van der Waals surface area (Å²) in [6, 6.07) is 25.3. The summed E-state index contributed by atoms with van der Waals surface area (Å²) >= 11 is 0. The van der Waals surface area contributed by atoms with E-state index in [4.69, 9.17) is 18.9 Å². The molecule has 10 heteroatoms. The smallest absolute Gasteiger partial charge is 0.344 e. The first-order valence-corrected chi connectivity index (χ1v) is 14.8. The fourth-order valence-corrected chi connectivity index (χ4v) is 5.75. The molecule has 2 heterocycles. The SMILES string of the molecule is CCOC(=O)COc1ccc(-c2c(C(=O)N3CCNC[C@H]3Cc3ccccc3)cc(C)n2-c2cccc(OC)c2OC)cc1.Cl. The topological polar surface area (TPSA) is 91.3 Å². The lowest BCUT2D eigenvalue weighted by molar-refractivity contribution is -0.145. The molecule has 9 nitrogen and oxygen atoms in total. The molecule has 1 fully saturated rings. The zero-order valence-corrected chi connectivity index (χ0v) is 26.9. The predicted molar refractivity (Wildman–Crippen MR) is 176 cm³/mol. The van der Waals surface area contributed by atoms with Crippen molar-refractivity contribution in [1.29, 1.82) is 0 Å². The number of benzene rings is 3. The number of methoxy groups -OCH3 is 2. The zero-order chi connectivity index (χ0) is 31.1. The first-order valence-electron chi connectivity index (χ1n) is 14.8. The molecule has 1 aliphatic rings. The number of ether oxygens (including phenoxy) is 4.